The van der Waals surface area contributed by atoms with Crippen molar-refractivity contribution < 1.29 is 85.3 Å². The summed E-state index contributed by atoms with van der Waals surface area (Å²) in [5.74, 6) is 10.3. The van der Waals surface area contributed by atoms with Gasteiger partial charge in [0.25, 0.3) is 5.79 Å². The van der Waals surface area contributed by atoms with E-state index in [1.54, 1.807) is 24.7 Å². The molecule has 684 valence electrons. The lowest BCUT2D eigenvalue weighted by Crippen LogP contribution is -2.34. The van der Waals surface area contributed by atoms with Crippen LogP contribution in [0.3, 0.4) is 0 Å². The average Bonchev–Trinajstić information content (AvgIpc) is 1.60. The zero-order valence-corrected chi connectivity index (χ0v) is 77.5. The summed E-state index contributed by atoms with van der Waals surface area (Å²) >= 11 is 0. The lowest BCUT2D eigenvalue weighted by Gasteiger charge is -2.26. The number of aromatic nitrogens is 5. The molecule has 0 amide bonds. The van der Waals surface area contributed by atoms with Crippen LogP contribution in [0.4, 0.5) is 0 Å². The van der Waals surface area contributed by atoms with E-state index in [0.29, 0.717) is 83.1 Å². The van der Waals surface area contributed by atoms with Gasteiger partial charge >= 0.3 is 6.01 Å². The summed E-state index contributed by atoms with van der Waals surface area (Å²) in [6.45, 7) is 35.2. The van der Waals surface area contributed by atoms with Crippen molar-refractivity contribution in [2.75, 3.05) is 73.8 Å². The van der Waals surface area contributed by atoms with Gasteiger partial charge in [0.2, 0.25) is 25.3 Å². The molecular weight excluding hydrogens is 1610 g/mol. The first kappa shape index (κ1) is 99.7. The second-order valence-corrected chi connectivity index (χ2v) is 31.5. The molecule has 2 atom stereocenters. The molecule has 3 aliphatic carbocycles. The number of benzene rings is 8. The molecule has 3 fully saturated rings. The Morgan fingerprint density at radius 3 is 1.53 bits per heavy atom. The highest BCUT2D eigenvalue weighted by Gasteiger charge is 2.45. The van der Waals surface area contributed by atoms with Crippen molar-refractivity contribution >= 4 is 21.5 Å². The fraction of sp³-hybridized carbons (Fsp3) is 0.452. The first-order valence-corrected chi connectivity index (χ1v) is 45.0. The highest BCUT2D eigenvalue weighted by Crippen LogP contribution is 2.51. The minimum absolute atomic E-state index is 0.0872. The third-order valence-electron chi connectivity index (χ3n) is 20.9. The number of aryl methyl sites for hydroxylation is 9. The van der Waals surface area contributed by atoms with E-state index >= 15 is 0 Å². The fourth-order valence-electron chi connectivity index (χ4n) is 14.3. The van der Waals surface area contributed by atoms with E-state index in [0.717, 1.165) is 100.0 Å². The summed E-state index contributed by atoms with van der Waals surface area (Å²) in [4.78, 5) is 19.9. The minimum Gasteiger partial charge on any atom is -0.468 e. The van der Waals surface area contributed by atoms with Crippen molar-refractivity contribution in [1.29, 1.82) is 0 Å². The number of nitrogens with zero attached hydrogens (tertiary/aromatic N) is 5. The fourth-order valence-corrected chi connectivity index (χ4v) is 14.3. The molecule has 0 radical (unpaired) electrons. The van der Waals surface area contributed by atoms with Gasteiger partial charge in [-0.15, -0.1) is 0 Å². The Bertz CT molecular complexity index is 4880. The highest BCUT2D eigenvalue weighted by atomic mass is 16.7. The number of rotatable bonds is 27. The van der Waals surface area contributed by atoms with E-state index in [2.05, 4.69) is 126 Å². The second kappa shape index (κ2) is 55.5. The monoisotopic (exact) mass is 1740 g/mol. The quantitative estimate of drug-likeness (QED) is 0.0344. The number of pyridine rings is 1. The zero-order chi connectivity index (χ0) is 90.2. The third kappa shape index (κ3) is 35.6. The SMILES string of the molecule is CCCOCOc1ccnc(C)n1.CCOC(CC1CCCCC1)Oc1ccc(C)cc1.CCOCOc1cc(C)ccn1.CCOCOc1ccc(C)cc1.CCOCOc1nccc(C)n1.Cc1cc2c(c3ccccc13)OC1(CCCC1)O2.Cc1cc2c(c3ccccc13)OCO2.Cc1ccc(OC(C)OC2CCCCC2)cc1.Cc1ccc2c(c1)OCO2. The lowest BCUT2D eigenvalue weighted by molar-refractivity contribution is -0.116. The van der Waals surface area contributed by atoms with Crippen LogP contribution in [0.1, 0.15) is 195 Å². The molecule has 0 N–H and O–H groups in total. The van der Waals surface area contributed by atoms with E-state index < -0.39 is 0 Å². The van der Waals surface area contributed by atoms with Gasteiger partial charge in [0.05, 0.1) is 12.7 Å². The van der Waals surface area contributed by atoms with Gasteiger partial charge in [0.15, 0.2) is 74.2 Å². The van der Waals surface area contributed by atoms with E-state index in [1.165, 1.54) is 127 Å². The van der Waals surface area contributed by atoms with Crippen LogP contribution in [-0.4, -0.2) is 123 Å². The molecular formula is C104H135N5O18. The van der Waals surface area contributed by atoms with Gasteiger partial charge in [-0.2, -0.15) is 4.98 Å². The molecule has 6 heterocycles. The topological polar surface area (TPSA) is 231 Å². The average molecular weight is 1740 g/mol. The van der Waals surface area contributed by atoms with Crippen molar-refractivity contribution in [3.05, 3.63) is 245 Å². The molecule has 3 saturated carbocycles. The summed E-state index contributed by atoms with van der Waals surface area (Å²) in [6, 6.07) is 58.6. The Kier molecular flexibility index (Phi) is 43.6. The number of hydrogen-bond donors (Lipinski definition) is 0. The largest absolute Gasteiger partial charge is 0.468 e. The number of ether oxygens (including phenoxy) is 18. The van der Waals surface area contributed by atoms with Crippen LogP contribution >= 0.6 is 0 Å². The van der Waals surface area contributed by atoms with Crippen molar-refractivity contribution in [3.8, 4) is 69.5 Å². The second-order valence-electron chi connectivity index (χ2n) is 31.5. The summed E-state index contributed by atoms with van der Waals surface area (Å²) < 4.78 is 97.8. The van der Waals surface area contributed by atoms with Gasteiger partial charge in [-0.05, 0) is 241 Å². The summed E-state index contributed by atoms with van der Waals surface area (Å²) in [7, 11) is 0. The molecule has 0 saturated heterocycles. The summed E-state index contributed by atoms with van der Waals surface area (Å²) in [6.07, 6.45) is 24.7. The number of hydrogen-bond acceptors (Lipinski definition) is 23. The summed E-state index contributed by atoms with van der Waals surface area (Å²) in [5.41, 5.74) is 9.44. The first-order chi connectivity index (χ1) is 61.8. The molecule has 3 aliphatic heterocycles. The molecule has 17 rings (SSSR count). The lowest BCUT2D eigenvalue weighted by atomic mass is 9.87. The third-order valence-corrected chi connectivity index (χ3v) is 20.9. The van der Waals surface area contributed by atoms with Crippen LogP contribution in [0, 0.1) is 68.2 Å². The Balaban J connectivity index is 0.000000163. The van der Waals surface area contributed by atoms with Gasteiger partial charge in [0.1, 0.15) is 23.1 Å². The number of fused-ring (bicyclic) bond motifs is 7. The molecule has 6 aliphatic rings. The van der Waals surface area contributed by atoms with Gasteiger partial charge < -0.3 is 85.3 Å². The van der Waals surface area contributed by atoms with Crippen molar-refractivity contribution in [2.45, 2.75) is 231 Å². The predicted molar refractivity (Wildman–Crippen MR) is 498 cm³/mol. The molecule has 3 aromatic heterocycles. The van der Waals surface area contributed by atoms with E-state index in [4.69, 9.17) is 85.3 Å². The maximum absolute atomic E-state index is 6.20. The Hall–Kier alpha value is -11.1. The summed E-state index contributed by atoms with van der Waals surface area (Å²) in [5, 5.41) is 4.81. The maximum atomic E-state index is 6.20. The smallest absolute Gasteiger partial charge is 0.318 e. The van der Waals surface area contributed by atoms with E-state index in [-0.39, 0.29) is 38.7 Å². The minimum atomic E-state index is -0.362. The van der Waals surface area contributed by atoms with Crippen molar-refractivity contribution in [1.82, 2.24) is 24.9 Å². The van der Waals surface area contributed by atoms with Gasteiger partial charge in [-0.3, -0.25) is 0 Å². The molecule has 0 bridgehead atoms. The Labute approximate surface area is 753 Å². The van der Waals surface area contributed by atoms with E-state index in [9.17, 15) is 0 Å². The maximum Gasteiger partial charge on any atom is 0.318 e. The molecule has 127 heavy (non-hydrogen) atoms. The molecule has 2 unspecified atom stereocenters. The first-order valence-electron chi connectivity index (χ1n) is 45.0. The van der Waals surface area contributed by atoms with Crippen LogP contribution in [0.2, 0.25) is 0 Å². The van der Waals surface area contributed by atoms with Crippen LogP contribution in [0.15, 0.2) is 195 Å². The molecule has 1 spiro atoms. The van der Waals surface area contributed by atoms with Crippen LogP contribution in [0.25, 0.3) is 21.5 Å². The van der Waals surface area contributed by atoms with Crippen LogP contribution < -0.4 is 56.8 Å². The predicted octanol–water partition coefficient (Wildman–Crippen LogP) is 24.4. The Morgan fingerprint density at radius 1 is 0.402 bits per heavy atom. The highest BCUT2D eigenvalue weighted by molar-refractivity contribution is 5.94. The Morgan fingerprint density at radius 2 is 0.921 bits per heavy atom. The molecule has 8 aromatic carbocycles. The zero-order valence-electron chi connectivity index (χ0n) is 77.5. The normalized spacial score (nSPS) is 14.4. The van der Waals surface area contributed by atoms with Gasteiger partial charge in [0, 0.05) is 92.9 Å². The molecule has 23 heteroatoms. The van der Waals surface area contributed by atoms with E-state index in [1.807, 2.05) is 172 Å². The van der Waals surface area contributed by atoms with Gasteiger partial charge in [-0.25, -0.2) is 19.9 Å². The molecule has 11 aromatic rings. The van der Waals surface area contributed by atoms with Gasteiger partial charge in [-0.1, -0.05) is 166 Å². The van der Waals surface area contributed by atoms with Crippen molar-refractivity contribution in [3.63, 3.8) is 0 Å². The van der Waals surface area contributed by atoms with Crippen molar-refractivity contribution in [2.24, 2.45) is 5.92 Å². The molecule has 23 nitrogen and oxygen atoms in total. The van der Waals surface area contributed by atoms with Crippen LogP contribution in [0.5, 0.6) is 69.5 Å². The standard InChI is InChI=1S/C17H26O2.C16H16O2.C15H22O2.C12H10O2.C10H14O2.C9H14N2O2.C9H13NO2.C8H12N2O2.C8H8O2/c1-3-18-17(13-15-7-5-4-6-8-15)19-16-11-9-14(2)10-12-16;1-11-10-14-15(13-7-3-2-6-12(11)13)18-16(17-14)8-4-5-9-16;1-12-8-10-15(11-9-12)17-13(2)16-14-6-4-3-5-7-14;1-8-6-11-12(14-7-13-11)10-5-3-2-4-9(8)10;1-3-11-8-12-10-6-4-9(2)5-7-10;1-3-6-12-7-13-9-4-5-10-8(2)11-9;1-3-11-7-12-9-6-8(2)4-5-10-9;1-3-11-6-12-8-9-5-4-7(2)10-8;1-6-2-3-7-8(4-6)10-5-9-7/h9-12,15,17H,3-8,13H2,1-2H3;2-3,6-7,10H,4-5,8-9H2,1H3;8-11,13-14H,3-7H2,1-2H3;2-6H,7H2,1H3;4-7H,3,8H2,1-2H3;4-5H,3,6-7H2,1-2H3;4-6H,3,7H2,1-2H3;4-5H,3,6H2,1-2H3;2-4H,5H2,1H3. The van der Waals surface area contributed by atoms with Crippen LogP contribution in [-0.2, 0) is 28.4 Å².